The Morgan fingerprint density at radius 1 is 1.21 bits per heavy atom. The minimum Gasteiger partial charge on any atom is -0.487 e. The topological polar surface area (TPSA) is 46.2 Å². The van der Waals surface area contributed by atoms with Crippen LogP contribution in [0.25, 0.3) is 0 Å². The highest BCUT2D eigenvalue weighted by Gasteiger charge is 2.34. The quantitative estimate of drug-likeness (QED) is 0.798. The van der Waals surface area contributed by atoms with Gasteiger partial charge in [0, 0.05) is 18.2 Å². The molecule has 0 saturated heterocycles. The number of rotatable bonds is 2. The highest BCUT2D eigenvalue weighted by atomic mass is 32.1. The maximum atomic E-state index is 6.13. The number of fused-ring (bicyclic) bond motifs is 1. The zero-order chi connectivity index (χ0) is 17.3. The fourth-order valence-electron chi connectivity index (χ4n) is 3.00. The average molecular weight is 341 g/mol. The molecule has 2 aromatic rings. The lowest BCUT2D eigenvalue weighted by Gasteiger charge is -2.38. The van der Waals surface area contributed by atoms with Crippen molar-refractivity contribution in [3.05, 3.63) is 53.2 Å². The van der Waals surface area contributed by atoms with Crippen LogP contribution in [0.15, 0.2) is 36.5 Å². The molecule has 1 unspecified atom stereocenters. The van der Waals surface area contributed by atoms with Crippen LogP contribution in [0.4, 0.5) is 5.82 Å². The molecule has 0 radical (unpaired) electrons. The van der Waals surface area contributed by atoms with Crippen LogP contribution in [0.5, 0.6) is 5.75 Å². The number of nitrogens with zero attached hydrogens (tertiary/aromatic N) is 1. The van der Waals surface area contributed by atoms with E-state index in [4.69, 9.17) is 17.0 Å². The van der Waals surface area contributed by atoms with Crippen molar-refractivity contribution in [3.8, 4) is 5.75 Å². The number of thiocarbonyl (C=S) groups is 1. The molecule has 3 rings (SSSR count). The van der Waals surface area contributed by atoms with E-state index in [9.17, 15) is 0 Å². The van der Waals surface area contributed by atoms with E-state index >= 15 is 0 Å². The maximum absolute atomic E-state index is 6.13. The summed E-state index contributed by atoms with van der Waals surface area (Å²) in [7, 11) is 0. The zero-order valence-electron chi connectivity index (χ0n) is 14.5. The molecule has 126 valence electrons. The minimum absolute atomic E-state index is 0.106. The van der Waals surface area contributed by atoms with Gasteiger partial charge in [0.1, 0.15) is 17.2 Å². The van der Waals surface area contributed by atoms with E-state index < -0.39 is 0 Å². The fraction of sp³-hybridized carbons (Fsp3) is 0.368. The van der Waals surface area contributed by atoms with Gasteiger partial charge in [-0.3, -0.25) is 0 Å². The molecular formula is C19H23N3OS. The van der Waals surface area contributed by atoms with E-state index in [1.165, 1.54) is 5.56 Å². The third-order valence-electron chi connectivity index (χ3n) is 4.09. The van der Waals surface area contributed by atoms with Crippen molar-refractivity contribution in [1.29, 1.82) is 0 Å². The molecule has 1 aliphatic heterocycles. The molecule has 0 bridgehead atoms. The second-order valence-corrected chi connectivity index (χ2v) is 7.38. The van der Waals surface area contributed by atoms with Crippen LogP contribution in [-0.4, -0.2) is 15.7 Å². The summed E-state index contributed by atoms with van der Waals surface area (Å²) in [5, 5.41) is 7.16. The molecule has 0 aliphatic carbocycles. The van der Waals surface area contributed by atoms with Crippen LogP contribution >= 0.6 is 12.2 Å². The molecule has 2 N–H and O–H groups in total. The Morgan fingerprint density at radius 3 is 2.71 bits per heavy atom. The molecule has 2 heterocycles. The summed E-state index contributed by atoms with van der Waals surface area (Å²) in [5.74, 6) is 1.68. The lowest BCUT2D eigenvalue weighted by atomic mass is 9.89. The Bertz CT molecular complexity index is 773. The number of nitrogens with one attached hydrogen (secondary N) is 2. The van der Waals surface area contributed by atoms with Gasteiger partial charge in [-0.15, -0.1) is 0 Å². The molecule has 4 nitrogen and oxygen atoms in total. The van der Waals surface area contributed by atoms with Gasteiger partial charge in [-0.2, -0.15) is 0 Å². The summed E-state index contributed by atoms with van der Waals surface area (Å²) in [4.78, 5) is 4.29. The van der Waals surface area contributed by atoms with Gasteiger partial charge in [-0.05, 0) is 69.2 Å². The average Bonchev–Trinajstić information content (AvgIpc) is 2.45. The molecular weight excluding hydrogens is 318 g/mol. The molecule has 0 spiro atoms. The predicted octanol–water partition coefficient (Wildman–Crippen LogP) is 4.29. The monoisotopic (exact) mass is 341 g/mol. The number of ether oxygens (including phenoxy) is 1. The molecule has 0 saturated carbocycles. The van der Waals surface area contributed by atoms with Crippen LogP contribution < -0.4 is 15.4 Å². The van der Waals surface area contributed by atoms with E-state index in [2.05, 4.69) is 54.6 Å². The third kappa shape index (κ3) is 3.85. The summed E-state index contributed by atoms with van der Waals surface area (Å²) < 4.78 is 6.13. The summed E-state index contributed by atoms with van der Waals surface area (Å²) >= 11 is 5.49. The zero-order valence-corrected chi connectivity index (χ0v) is 15.3. The van der Waals surface area contributed by atoms with E-state index in [-0.39, 0.29) is 11.6 Å². The number of aromatic nitrogens is 1. The Hall–Kier alpha value is -2.14. The standard InChI is InChI=1S/C19H23N3OS/c1-12-5-6-14-15(11-19(3,4)23-16(14)9-12)21-18(24)22-17-10-13(2)7-8-20-17/h5-10,15H,11H2,1-4H3,(H2,20,21,22,24). The van der Waals surface area contributed by atoms with Crippen molar-refractivity contribution in [2.75, 3.05) is 5.32 Å². The summed E-state index contributed by atoms with van der Waals surface area (Å²) in [6.45, 7) is 8.31. The van der Waals surface area contributed by atoms with Gasteiger partial charge in [0.15, 0.2) is 5.11 Å². The second-order valence-electron chi connectivity index (χ2n) is 6.98. The SMILES string of the molecule is Cc1ccnc(NC(=S)NC2CC(C)(C)Oc3cc(C)ccc32)c1. The first-order chi connectivity index (χ1) is 11.3. The van der Waals surface area contributed by atoms with Gasteiger partial charge in [0.2, 0.25) is 0 Å². The molecule has 1 aromatic carbocycles. The molecule has 1 aliphatic rings. The van der Waals surface area contributed by atoms with Crippen molar-refractivity contribution < 1.29 is 4.74 Å². The largest absolute Gasteiger partial charge is 0.487 e. The van der Waals surface area contributed by atoms with E-state index in [0.717, 1.165) is 29.1 Å². The summed E-state index contributed by atoms with van der Waals surface area (Å²) in [6, 6.07) is 10.3. The molecule has 1 atom stereocenters. The van der Waals surface area contributed by atoms with E-state index in [1.807, 2.05) is 19.1 Å². The van der Waals surface area contributed by atoms with Crippen molar-refractivity contribution in [2.24, 2.45) is 0 Å². The Balaban J connectivity index is 1.78. The molecule has 24 heavy (non-hydrogen) atoms. The molecule has 5 heteroatoms. The van der Waals surface area contributed by atoms with Crippen molar-refractivity contribution in [1.82, 2.24) is 10.3 Å². The molecule has 0 amide bonds. The van der Waals surface area contributed by atoms with Crippen LogP contribution in [0, 0.1) is 13.8 Å². The minimum atomic E-state index is -0.240. The Kier molecular flexibility index (Phi) is 4.45. The molecule has 1 aromatic heterocycles. The van der Waals surface area contributed by atoms with Gasteiger partial charge < -0.3 is 15.4 Å². The Labute approximate surface area is 148 Å². The second kappa shape index (κ2) is 6.40. The van der Waals surface area contributed by atoms with Crippen LogP contribution in [-0.2, 0) is 0 Å². The summed E-state index contributed by atoms with van der Waals surface area (Å²) in [5.41, 5.74) is 3.23. The lowest BCUT2D eigenvalue weighted by molar-refractivity contribution is 0.0696. The smallest absolute Gasteiger partial charge is 0.172 e. The third-order valence-corrected chi connectivity index (χ3v) is 4.31. The fourth-order valence-corrected chi connectivity index (χ4v) is 3.25. The van der Waals surface area contributed by atoms with Gasteiger partial charge in [-0.25, -0.2) is 4.98 Å². The lowest BCUT2D eigenvalue weighted by Crippen LogP contribution is -2.42. The first kappa shape index (κ1) is 16.7. The van der Waals surface area contributed by atoms with Crippen molar-refractivity contribution in [2.45, 2.75) is 45.8 Å². The highest BCUT2D eigenvalue weighted by Crippen LogP contribution is 2.39. The number of benzene rings is 1. The maximum Gasteiger partial charge on any atom is 0.172 e. The first-order valence-electron chi connectivity index (χ1n) is 8.12. The van der Waals surface area contributed by atoms with Crippen molar-refractivity contribution in [3.63, 3.8) is 0 Å². The van der Waals surface area contributed by atoms with E-state index in [1.54, 1.807) is 6.20 Å². The Morgan fingerprint density at radius 2 is 1.96 bits per heavy atom. The van der Waals surface area contributed by atoms with Gasteiger partial charge in [0.05, 0.1) is 6.04 Å². The van der Waals surface area contributed by atoms with Crippen molar-refractivity contribution >= 4 is 23.1 Å². The van der Waals surface area contributed by atoms with Crippen LogP contribution in [0.2, 0.25) is 0 Å². The van der Waals surface area contributed by atoms with Crippen LogP contribution in [0.3, 0.4) is 0 Å². The molecule has 0 fully saturated rings. The number of hydrogen-bond acceptors (Lipinski definition) is 3. The predicted molar refractivity (Wildman–Crippen MR) is 102 cm³/mol. The van der Waals surface area contributed by atoms with Gasteiger partial charge >= 0.3 is 0 Å². The number of anilines is 1. The van der Waals surface area contributed by atoms with Gasteiger partial charge in [0.25, 0.3) is 0 Å². The number of aryl methyl sites for hydroxylation is 2. The first-order valence-corrected chi connectivity index (χ1v) is 8.53. The van der Waals surface area contributed by atoms with E-state index in [0.29, 0.717) is 5.11 Å². The summed E-state index contributed by atoms with van der Waals surface area (Å²) in [6.07, 6.45) is 2.61. The normalized spacial score (nSPS) is 18.2. The number of hydrogen-bond donors (Lipinski definition) is 2. The van der Waals surface area contributed by atoms with Crippen LogP contribution in [0.1, 0.15) is 43.0 Å². The number of pyridine rings is 1. The van der Waals surface area contributed by atoms with Gasteiger partial charge in [-0.1, -0.05) is 12.1 Å². The highest BCUT2D eigenvalue weighted by molar-refractivity contribution is 7.80.